The minimum atomic E-state index is -1.21. The maximum absolute atomic E-state index is 14.7. The molecule has 0 unspecified atom stereocenters. The molecule has 0 atom stereocenters. The largest absolute Gasteiger partial charge is 0.299 e. The van der Waals surface area contributed by atoms with Gasteiger partial charge in [-0.2, -0.15) is 0 Å². The molecule has 1 aliphatic carbocycles. The summed E-state index contributed by atoms with van der Waals surface area (Å²) in [4.78, 5) is 46.2. The van der Waals surface area contributed by atoms with E-state index in [2.05, 4.69) is 4.90 Å². The Morgan fingerprint density at radius 3 is 1.05 bits per heavy atom. The highest BCUT2D eigenvalue weighted by molar-refractivity contribution is 6.33. The van der Waals surface area contributed by atoms with Gasteiger partial charge >= 0.3 is 0 Å². The van der Waals surface area contributed by atoms with Gasteiger partial charge in [-0.1, -0.05) is 72.8 Å². The molecule has 0 radical (unpaired) electrons. The number of carbonyl (C=O) groups excluding carboxylic acids is 3. The van der Waals surface area contributed by atoms with Gasteiger partial charge in [-0.3, -0.25) is 19.3 Å². The highest BCUT2D eigenvalue weighted by Crippen LogP contribution is 2.59. The van der Waals surface area contributed by atoms with Gasteiger partial charge in [0.15, 0.2) is 17.3 Å². The summed E-state index contributed by atoms with van der Waals surface area (Å²) in [7, 11) is 0. The number of Topliss-reactive ketones (excluding diaryl/α,β-unsaturated/α-hetero) is 3. The number of ketones is 3. The maximum atomic E-state index is 14.7. The van der Waals surface area contributed by atoms with E-state index in [4.69, 9.17) is 0 Å². The van der Waals surface area contributed by atoms with Gasteiger partial charge in [0.2, 0.25) is 0 Å². The van der Waals surface area contributed by atoms with Crippen LogP contribution in [-0.4, -0.2) is 41.9 Å². The van der Waals surface area contributed by atoms with Crippen LogP contribution >= 0.6 is 0 Å². The molecule has 3 aliphatic heterocycles. The minimum absolute atomic E-state index is 0.155. The fourth-order valence-electron chi connectivity index (χ4n) is 7.48. The molecule has 4 aliphatic rings. The van der Waals surface area contributed by atoms with Crippen LogP contribution in [0.2, 0.25) is 0 Å². The number of rotatable bonds is 6. The number of hydrogen-bond donors (Lipinski definition) is 0. The standard InChI is InChI=1S/C33H33NO3/c1-22-10-4-7-13-25(22)16-31-19-34-20-32(28(31)35,17-26-14-8-5-11-23(26)2)30(37)33(21-34,29(31)36)18-27-15-9-6-12-24(27)3/h4-15H,16-21H2,1-3H3. The van der Waals surface area contributed by atoms with Crippen molar-refractivity contribution in [3.05, 3.63) is 106 Å². The fourth-order valence-corrected chi connectivity index (χ4v) is 7.48. The number of piperidine rings is 3. The van der Waals surface area contributed by atoms with E-state index < -0.39 is 16.2 Å². The topological polar surface area (TPSA) is 54.5 Å². The average Bonchev–Trinajstić information content (AvgIpc) is 2.88. The third kappa shape index (κ3) is 3.35. The Balaban J connectivity index is 1.54. The van der Waals surface area contributed by atoms with Crippen molar-refractivity contribution < 1.29 is 14.4 Å². The van der Waals surface area contributed by atoms with Crippen LogP contribution in [0.25, 0.3) is 0 Å². The molecule has 3 heterocycles. The van der Waals surface area contributed by atoms with Crippen LogP contribution in [0, 0.1) is 37.0 Å². The summed E-state index contributed by atoms with van der Waals surface area (Å²) in [6.07, 6.45) is 1.06. The molecule has 3 saturated heterocycles. The molecular weight excluding hydrogens is 458 g/mol. The van der Waals surface area contributed by atoms with Crippen LogP contribution in [0.15, 0.2) is 72.8 Å². The van der Waals surface area contributed by atoms with Crippen molar-refractivity contribution in [2.45, 2.75) is 40.0 Å². The molecule has 3 aromatic rings. The van der Waals surface area contributed by atoms with Gasteiger partial charge in [-0.25, -0.2) is 0 Å². The van der Waals surface area contributed by atoms with Gasteiger partial charge in [-0.15, -0.1) is 0 Å². The second kappa shape index (κ2) is 8.32. The molecule has 1 saturated carbocycles. The summed E-state index contributed by atoms with van der Waals surface area (Å²) < 4.78 is 0. The summed E-state index contributed by atoms with van der Waals surface area (Å²) >= 11 is 0. The lowest BCUT2D eigenvalue weighted by Gasteiger charge is -2.64. The van der Waals surface area contributed by atoms with Crippen molar-refractivity contribution in [2.24, 2.45) is 16.2 Å². The maximum Gasteiger partial charge on any atom is 0.163 e. The van der Waals surface area contributed by atoms with Gasteiger partial charge in [0.05, 0.1) is 0 Å². The normalized spacial score (nSPS) is 30.2. The van der Waals surface area contributed by atoms with Crippen LogP contribution in [0.1, 0.15) is 33.4 Å². The van der Waals surface area contributed by atoms with Crippen LogP contribution < -0.4 is 0 Å². The highest BCUT2D eigenvalue weighted by atomic mass is 16.2. The fraction of sp³-hybridized carbons (Fsp3) is 0.364. The van der Waals surface area contributed by atoms with E-state index in [0.717, 1.165) is 33.4 Å². The van der Waals surface area contributed by atoms with Crippen molar-refractivity contribution in [1.29, 1.82) is 0 Å². The molecule has 4 fully saturated rings. The van der Waals surface area contributed by atoms with Gasteiger partial charge < -0.3 is 0 Å². The molecule has 188 valence electrons. The van der Waals surface area contributed by atoms with E-state index in [-0.39, 0.29) is 17.3 Å². The van der Waals surface area contributed by atoms with Crippen LogP contribution in [-0.2, 0) is 33.6 Å². The number of carbonyl (C=O) groups is 3. The minimum Gasteiger partial charge on any atom is -0.299 e. The molecule has 3 aromatic carbocycles. The zero-order valence-corrected chi connectivity index (χ0v) is 21.8. The zero-order chi connectivity index (χ0) is 26.0. The van der Waals surface area contributed by atoms with E-state index >= 15 is 0 Å². The first kappa shape index (κ1) is 24.0. The van der Waals surface area contributed by atoms with Gasteiger partial charge in [-0.05, 0) is 73.4 Å². The van der Waals surface area contributed by atoms with Crippen molar-refractivity contribution in [3.8, 4) is 0 Å². The number of nitrogens with zero attached hydrogens (tertiary/aromatic N) is 1. The first-order chi connectivity index (χ1) is 17.7. The first-order valence-corrected chi connectivity index (χ1v) is 13.2. The first-order valence-electron chi connectivity index (χ1n) is 13.2. The predicted octanol–water partition coefficient (Wildman–Crippen LogP) is 4.65. The van der Waals surface area contributed by atoms with Gasteiger partial charge in [0, 0.05) is 19.6 Å². The van der Waals surface area contributed by atoms with Crippen molar-refractivity contribution >= 4 is 17.3 Å². The van der Waals surface area contributed by atoms with Crippen LogP contribution in [0.5, 0.6) is 0 Å². The van der Waals surface area contributed by atoms with Gasteiger partial charge in [0.25, 0.3) is 0 Å². The Bertz CT molecular complexity index is 1260. The molecule has 4 bridgehead atoms. The molecule has 0 spiro atoms. The van der Waals surface area contributed by atoms with Crippen molar-refractivity contribution in [1.82, 2.24) is 4.90 Å². The lowest BCUT2D eigenvalue weighted by atomic mass is 9.42. The van der Waals surface area contributed by atoms with Crippen LogP contribution in [0.3, 0.4) is 0 Å². The summed E-state index contributed by atoms with van der Waals surface area (Å²) in [6.45, 7) is 7.29. The summed E-state index contributed by atoms with van der Waals surface area (Å²) in [5.41, 5.74) is 2.62. The third-order valence-corrected chi connectivity index (χ3v) is 9.35. The molecule has 4 heteroatoms. The zero-order valence-electron chi connectivity index (χ0n) is 21.8. The van der Waals surface area contributed by atoms with Gasteiger partial charge in [0.1, 0.15) is 16.2 Å². The molecule has 0 N–H and O–H groups in total. The lowest BCUT2D eigenvalue weighted by molar-refractivity contribution is -0.192. The van der Waals surface area contributed by atoms with E-state index in [9.17, 15) is 14.4 Å². The molecule has 0 aromatic heterocycles. The van der Waals surface area contributed by atoms with E-state index in [1.54, 1.807) is 0 Å². The predicted molar refractivity (Wildman–Crippen MR) is 143 cm³/mol. The third-order valence-electron chi connectivity index (χ3n) is 9.35. The molecule has 4 nitrogen and oxygen atoms in total. The van der Waals surface area contributed by atoms with E-state index in [1.165, 1.54) is 0 Å². The average molecular weight is 492 g/mol. The van der Waals surface area contributed by atoms with Crippen molar-refractivity contribution in [3.63, 3.8) is 0 Å². The Morgan fingerprint density at radius 1 is 0.514 bits per heavy atom. The summed E-state index contributed by atoms with van der Waals surface area (Å²) in [5, 5.41) is 0. The highest BCUT2D eigenvalue weighted by Gasteiger charge is 2.77. The molecule has 37 heavy (non-hydrogen) atoms. The Morgan fingerprint density at radius 2 is 0.784 bits per heavy atom. The number of aryl methyl sites for hydroxylation is 3. The second-order valence-corrected chi connectivity index (χ2v) is 11.7. The smallest absolute Gasteiger partial charge is 0.163 e. The SMILES string of the molecule is Cc1ccccc1CC12CN3CC(Cc4ccccc4C)(C1=O)C(=O)C(Cc1ccccc1C)(C3)C2=O. The number of hydrogen-bond acceptors (Lipinski definition) is 4. The molecular formula is C33H33NO3. The van der Waals surface area contributed by atoms with E-state index in [0.29, 0.717) is 38.9 Å². The van der Waals surface area contributed by atoms with Crippen LogP contribution in [0.4, 0.5) is 0 Å². The summed E-state index contributed by atoms with van der Waals surface area (Å²) in [6, 6.07) is 24.0. The molecule has 7 rings (SSSR count). The molecule has 0 amide bonds. The van der Waals surface area contributed by atoms with Crippen molar-refractivity contribution in [2.75, 3.05) is 19.6 Å². The Labute approximate surface area is 218 Å². The Kier molecular flexibility index (Phi) is 5.40. The lowest BCUT2D eigenvalue weighted by Crippen LogP contribution is -2.82. The summed E-state index contributed by atoms with van der Waals surface area (Å²) in [5.74, 6) is -0.464. The second-order valence-electron chi connectivity index (χ2n) is 11.7. The monoisotopic (exact) mass is 491 g/mol. The quantitative estimate of drug-likeness (QED) is 0.471. The Hall–Kier alpha value is -3.37. The van der Waals surface area contributed by atoms with E-state index in [1.807, 2.05) is 93.6 Å². The number of benzene rings is 3.